The Morgan fingerprint density at radius 2 is 2.16 bits per heavy atom. The van der Waals surface area contributed by atoms with E-state index in [1.165, 1.54) is 0 Å². The van der Waals surface area contributed by atoms with E-state index >= 15 is 0 Å². The van der Waals surface area contributed by atoms with E-state index in [1.54, 1.807) is 12.4 Å². The summed E-state index contributed by atoms with van der Waals surface area (Å²) in [5.74, 6) is 0.879. The molecule has 0 saturated carbocycles. The Kier molecular flexibility index (Phi) is 5.21. The summed E-state index contributed by atoms with van der Waals surface area (Å²) < 4.78 is 1.86. The van der Waals surface area contributed by atoms with Crippen LogP contribution >= 0.6 is 0 Å². The second kappa shape index (κ2) is 7.55. The number of nitrogens with one attached hydrogen (secondary N) is 1. The van der Waals surface area contributed by atoms with Crippen LogP contribution in [-0.4, -0.2) is 46.3 Å². The van der Waals surface area contributed by atoms with Crippen molar-refractivity contribution in [2.75, 3.05) is 25.5 Å². The number of aryl methyl sites for hydroxylation is 1. The Hall–Kier alpha value is -2.57. The molecule has 0 radical (unpaired) electrons. The molecule has 3 rings (SSSR count). The van der Waals surface area contributed by atoms with Crippen LogP contribution < -0.4 is 10.2 Å². The number of carbonyl (C=O) groups is 1. The maximum Gasteiger partial charge on any atom is 0.318 e. The van der Waals surface area contributed by atoms with Crippen LogP contribution in [0.25, 0.3) is 0 Å². The Balaban J connectivity index is 1.71. The Morgan fingerprint density at radius 1 is 1.32 bits per heavy atom. The number of anilines is 1. The van der Waals surface area contributed by atoms with Crippen molar-refractivity contribution in [2.45, 2.75) is 31.8 Å². The highest BCUT2D eigenvalue weighted by Crippen LogP contribution is 2.30. The highest BCUT2D eigenvalue weighted by Gasteiger charge is 2.29. The molecule has 3 heterocycles. The van der Waals surface area contributed by atoms with E-state index < -0.39 is 0 Å². The molecule has 0 aliphatic carbocycles. The SMILES string of the molecule is CN(C)c1ncccc1CNC(=O)N1CCCC[C@@H]1c1ccnn1C. The number of hydrogen-bond acceptors (Lipinski definition) is 4. The molecule has 1 atom stereocenters. The molecular weight excluding hydrogens is 316 g/mol. The number of urea groups is 1. The molecule has 2 aromatic rings. The van der Waals surface area contributed by atoms with Crippen molar-refractivity contribution in [3.05, 3.63) is 41.9 Å². The fourth-order valence-corrected chi connectivity index (χ4v) is 3.44. The molecule has 2 aromatic heterocycles. The fraction of sp³-hybridized carbons (Fsp3) is 0.500. The summed E-state index contributed by atoms with van der Waals surface area (Å²) in [6.45, 7) is 1.24. The number of aromatic nitrogens is 3. The second-order valence-electron chi connectivity index (χ2n) is 6.62. The van der Waals surface area contributed by atoms with E-state index in [0.29, 0.717) is 6.54 Å². The molecule has 1 aliphatic rings. The molecule has 1 aliphatic heterocycles. The Morgan fingerprint density at radius 3 is 2.88 bits per heavy atom. The summed E-state index contributed by atoms with van der Waals surface area (Å²) in [5.41, 5.74) is 2.10. The maximum absolute atomic E-state index is 12.8. The minimum atomic E-state index is -0.0283. The molecule has 134 valence electrons. The Labute approximate surface area is 148 Å². The number of hydrogen-bond donors (Lipinski definition) is 1. The first kappa shape index (κ1) is 17.3. The lowest BCUT2D eigenvalue weighted by Gasteiger charge is -2.35. The minimum absolute atomic E-state index is 0.0283. The van der Waals surface area contributed by atoms with E-state index in [2.05, 4.69) is 15.4 Å². The van der Waals surface area contributed by atoms with Gasteiger partial charge in [0.1, 0.15) is 5.82 Å². The molecule has 0 unspecified atom stereocenters. The number of carbonyl (C=O) groups excluding carboxylic acids is 1. The number of amides is 2. The van der Waals surface area contributed by atoms with Gasteiger partial charge in [-0.3, -0.25) is 4.68 Å². The van der Waals surface area contributed by atoms with Gasteiger partial charge in [0, 0.05) is 52.2 Å². The molecule has 7 heteroatoms. The van der Waals surface area contributed by atoms with Crippen LogP contribution in [0.15, 0.2) is 30.6 Å². The predicted molar refractivity (Wildman–Crippen MR) is 97.3 cm³/mol. The first-order valence-electron chi connectivity index (χ1n) is 8.71. The monoisotopic (exact) mass is 342 g/mol. The van der Waals surface area contributed by atoms with Gasteiger partial charge in [0.15, 0.2) is 0 Å². The highest BCUT2D eigenvalue weighted by atomic mass is 16.2. The summed E-state index contributed by atoms with van der Waals surface area (Å²) in [6, 6.07) is 5.95. The summed E-state index contributed by atoms with van der Waals surface area (Å²) in [5, 5.41) is 7.32. The van der Waals surface area contributed by atoms with Gasteiger partial charge in [-0.2, -0.15) is 5.10 Å². The average molecular weight is 342 g/mol. The second-order valence-corrected chi connectivity index (χ2v) is 6.62. The third-order valence-corrected chi connectivity index (χ3v) is 4.69. The molecule has 1 saturated heterocycles. The van der Waals surface area contributed by atoms with Crippen molar-refractivity contribution in [2.24, 2.45) is 7.05 Å². The number of likely N-dealkylation sites (tertiary alicyclic amines) is 1. The first-order valence-corrected chi connectivity index (χ1v) is 8.71. The van der Waals surface area contributed by atoms with Crippen molar-refractivity contribution in [3.8, 4) is 0 Å². The van der Waals surface area contributed by atoms with Gasteiger partial charge < -0.3 is 15.1 Å². The van der Waals surface area contributed by atoms with Crippen LogP contribution in [0.5, 0.6) is 0 Å². The van der Waals surface area contributed by atoms with Gasteiger partial charge in [-0.25, -0.2) is 9.78 Å². The quantitative estimate of drug-likeness (QED) is 0.926. The van der Waals surface area contributed by atoms with Crippen molar-refractivity contribution in [3.63, 3.8) is 0 Å². The van der Waals surface area contributed by atoms with E-state index in [9.17, 15) is 4.79 Å². The van der Waals surface area contributed by atoms with Crippen LogP contribution in [0.2, 0.25) is 0 Å². The summed E-state index contributed by atoms with van der Waals surface area (Å²) >= 11 is 0. The van der Waals surface area contributed by atoms with Crippen LogP contribution in [0.3, 0.4) is 0 Å². The molecule has 0 aromatic carbocycles. The minimum Gasteiger partial charge on any atom is -0.362 e. The predicted octanol–water partition coefficient (Wildman–Crippen LogP) is 2.32. The number of nitrogens with zero attached hydrogens (tertiary/aromatic N) is 5. The zero-order valence-corrected chi connectivity index (χ0v) is 15.1. The zero-order chi connectivity index (χ0) is 17.8. The summed E-state index contributed by atoms with van der Waals surface area (Å²) in [4.78, 5) is 21.1. The van der Waals surface area contributed by atoms with Crippen molar-refractivity contribution >= 4 is 11.8 Å². The van der Waals surface area contributed by atoms with Crippen molar-refractivity contribution in [1.82, 2.24) is 25.0 Å². The number of piperidine rings is 1. The first-order chi connectivity index (χ1) is 12.1. The highest BCUT2D eigenvalue weighted by molar-refractivity contribution is 5.75. The molecule has 0 spiro atoms. The topological polar surface area (TPSA) is 66.3 Å². The molecule has 7 nitrogen and oxygen atoms in total. The largest absolute Gasteiger partial charge is 0.362 e. The van der Waals surface area contributed by atoms with E-state index in [-0.39, 0.29) is 12.1 Å². The lowest BCUT2D eigenvalue weighted by molar-refractivity contribution is 0.147. The normalized spacial score (nSPS) is 17.4. The fourth-order valence-electron chi connectivity index (χ4n) is 3.44. The third kappa shape index (κ3) is 3.75. The van der Waals surface area contributed by atoms with Gasteiger partial charge in [-0.15, -0.1) is 0 Å². The van der Waals surface area contributed by atoms with Gasteiger partial charge in [0.05, 0.1) is 11.7 Å². The van der Waals surface area contributed by atoms with Gasteiger partial charge >= 0.3 is 6.03 Å². The van der Waals surface area contributed by atoms with Gasteiger partial charge in [-0.05, 0) is 31.4 Å². The smallest absolute Gasteiger partial charge is 0.318 e. The maximum atomic E-state index is 12.8. The average Bonchev–Trinajstić information content (AvgIpc) is 3.05. The van der Waals surface area contributed by atoms with Crippen LogP contribution in [-0.2, 0) is 13.6 Å². The van der Waals surface area contributed by atoms with Gasteiger partial charge in [0.2, 0.25) is 0 Å². The number of rotatable bonds is 4. The van der Waals surface area contributed by atoms with Crippen LogP contribution in [0, 0.1) is 0 Å². The molecule has 1 N–H and O–H groups in total. The molecule has 25 heavy (non-hydrogen) atoms. The standard InChI is InChI=1S/C18H26N6O/c1-22(2)17-14(7-6-10-19-17)13-20-18(25)24-12-5-4-8-16(24)15-9-11-21-23(15)3/h6-7,9-11,16H,4-5,8,12-13H2,1-3H3,(H,20,25)/t16-/m1/s1. The molecule has 2 amide bonds. The third-order valence-electron chi connectivity index (χ3n) is 4.69. The van der Waals surface area contributed by atoms with E-state index in [4.69, 9.17) is 0 Å². The zero-order valence-electron chi connectivity index (χ0n) is 15.1. The van der Waals surface area contributed by atoms with E-state index in [0.717, 1.165) is 42.9 Å². The number of pyridine rings is 1. The molecular formula is C18H26N6O. The van der Waals surface area contributed by atoms with Crippen molar-refractivity contribution in [1.29, 1.82) is 0 Å². The van der Waals surface area contributed by atoms with E-state index in [1.807, 2.05) is 53.8 Å². The Bertz CT molecular complexity index is 726. The van der Waals surface area contributed by atoms with Gasteiger partial charge in [-0.1, -0.05) is 6.07 Å². The van der Waals surface area contributed by atoms with Gasteiger partial charge in [0.25, 0.3) is 0 Å². The van der Waals surface area contributed by atoms with Crippen LogP contribution in [0.1, 0.15) is 36.6 Å². The molecule has 1 fully saturated rings. The van der Waals surface area contributed by atoms with Crippen molar-refractivity contribution < 1.29 is 4.79 Å². The summed E-state index contributed by atoms with van der Waals surface area (Å²) in [6.07, 6.45) is 6.70. The van der Waals surface area contributed by atoms with Crippen LogP contribution in [0.4, 0.5) is 10.6 Å². The lowest BCUT2D eigenvalue weighted by atomic mass is 9.99. The summed E-state index contributed by atoms with van der Waals surface area (Å²) in [7, 11) is 5.84. The molecule has 0 bridgehead atoms. The lowest BCUT2D eigenvalue weighted by Crippen LogP contribution is -2.45.